The quantitative estimate of drug-likeness (QED) is 0.764. The van der Waals surface area contributed by atoms with Crippen LogP contribution in [-0.2, 0) is 4.74 Å². The van der Waals surface area contributed by atoms with Gasteiger partial charge < -0.3 is 21.5 Å². The van der Waals surface area contributed by atoms with Crippen molar-refractivity contribution >= 4 is 11.5 Å². The standard InChI is InChI=1S/C15H19FN6O/c1-9(8-23-2)15(18)12(17)6-20-14(21-15)11-5-19-13-4-3-10(16)7-22(11)13/h3-7,9H,8,17-18H2,1-2H3,(H,20,21). The number of methoxy groups -OCH3 is 1. The highest BCUT2D eigenvalue weighted by Gasteiger charge is 2.37. The summed E-state index contributed by atoms with van der Waals surface area (Å²) in [7, 11) is 1.60. The van der Waals surface area contributed by atoms with Crippen LogP contribution in [0.2, 0.25) is 0 Å². The summed E-state index contributed by atoms with van der Waals surface area (Å²) >= 11 is 0. The minimum atomic E-state index is -1.10. The second-order valence-electron chi connectivity index (χ2n) is 5.61. The average molecular weight is 318 g/mol. The van der Waals surface area contributed by atoms with Gasteiger partial charge in [-0.3, -0.25) is 4.40 Å². The lowest BCUT2D eigenvalue weighted by Gasteiger charge is -2.35. The zero-order valence-corrected chi connectivity index (χ0v) is 13.0. The summed E-state index contributed by atoms with van der Waals surface area (Å²) in [4.78, 5) is 8.80. The van der Waals surface area contributed by atoms with Crippen molar-refractivity contribution in [1.82, 2.24) is 14.7 Å². The van der Waals surface area contributed by atoms with Crippen LogP contribution in [0.3, 0.4) is 0 Å². The average Bonchev–Trinajstić information content (AvgIpc) is 2.93. The number of nitrogens with one attached hydrogen (secondary N) is 1. The molecule has 5 N–H and O–H groups in total. The first kappa shape index (κ1) is 15.4. The van der Waals surface area contributed by atoms with Crippen LogP contribution in [0.4, 0.5) is 4.39 Å². The van der Waals surface area contributed by atoms with Crippen molar-refractivity contribution in [3.63, 3.8) is 0 Å². The van der Waals surface area contributed by atoms with Gasteiger partial charge in [0, 0.05) is 25.4 Å². The molecule has 0 saturated heterocycles. The molecule has 0 spiro atoms. The van der Waals surface area contributed by atoms with Crippen LogP contribution in [0, 0.1) is 11.7 Å². The minimum absolute atomic E-state index is 0.142. The highest BCUT2D eigenvalue weighted by molar-refractivity contribution is 5.99. The van der Waals surface area contributed by atoms with E-state index in [1.54, 1.807) is 30.0 Å². The van der Waals surface area contributed by atoms with Crippen molar-refractivity contribution < 1.29 is 9.13 Å². The maximum Gasteiger partial charge on any atom is 0.156 e. The van der Waals surface area contributed by atoms with Gasteiger partial charge >= 0.3 is 0 Å². The second kappa shape index (κ2) is 5.64. The van der Waals surface area contributed by atoms with Crippen molar-refractivity contribution in [2.75, 3.05) is 13.7 Å². The zero-order chi connectivity index (χ0) is 16.6. The predicted molar refractivity (Wildman–Crippen MR) is 85.1 cm³/mol. The Bertz CT molecular complexity index is 798. The first-order valence-corrected chi connectivity index (χ1v) is 7.19. The Balaban J connectivity index is 2.07. The number of hydrogen-bond donors (Lipinski definition) is 3. The lowest BCUT2D eigenvalue weighted by atomic mass is 9.92. The number of amidine groups is 1. The molecule has 7 nitrogen and oxygen atoms in total. The molecule has 8 heteroatoms. The fourth-order valence-electron chi connectivity index (χ4n) is 2.58. The number of nitrogens with two attached hydrogens (primary N) is 2. The Morgan fingerprint density at radius 3 is 3.00 bits per heavy atom. The molecule has 2 aromatic rings. The van der Waals surface area contributed by atoms with Crippen molar-refractivity contribution in [3.8, 4) is 0 Å². The number of ether oxygens (including phenoxy) is 1. The number of hydrogen-bond acceptors (Lipinski definition) is 6. The van der Waals surface area contributed by atoms with E-state index in [2.05, 4.69) is 15.3 Å². The molecule has 1 aliphatic rings. The molecule has 0 amide bonds. The Labute approximate surface area is 132 Å². The van der Waals surface area contributed by atoms with Crippen LogP contribution < -0.4 is 16.8 Å². The third-order valence-electron chi connectivity index (χ3n) is 4.00. The second-order valence-corrected chi connectivity index (χ2v) is 5.61. The number of halogens is 1. The molecule has 122 valence electrons. The number of aromatic nitrogens is 2. The van der Waals surface area contributed by atoms with Crippen LogP contribution in [-0.4, -0.2) is 34.6 Å². The Kier molecular flexibility index (Phi) is 3.78. The Morgan fingerprint density at radius 1 is 1.48 bits per heavy atom. The van der Waals surface area contributed by atoms with E-state index in [0.717, 1.165) is 0 Å². The van der Waals surface area contributed by atoms with E-state index in [0.29, 0.717) is 29.5 Å². The van der Waals surface area contributed by atoms with Gasteiger partial charge in [-0.05, 0) is 12.1 Å². The van der Waals surface area contributed by atoms with Gasteiger partial charge in [0.05, 0.1) is 18.5 Å². The monoisotopic (exact) mass is 318 g/mol. The number of rotatable bonds is 4. The number of fused-ring (bicyclic) bond motifs is 1. The van der Waals surface area contributed by atoms with Crippen LogP contribution in [0.15, 0.2) is 41.4 Å². The Hall–Kier alpha value is -2.45. The summed E-state index contributed by atoms with van der Waals surface area (Å²) in [6.07, 6.45) is 4.56. The van der Waals surface area contributed by atoms with E-state index < -0.39 is 5.66 Å². The molecule has 0 aliphatic carbocycles. The first-order valence-electron chi connectivity index (χ1n) is 7.19. The molecule has 2 atom stereocenters. The molecule has 3 heterocycles. The first-order chi connectivity index (χ1) is 11.0. The van der Waals surface area contributed by atoms with Gasteiger partial charge in [0.1, 0.15) is 17.2 Å². The lowest BCUT2D eigenvalue weighted by Crippen LogP contribution is -2.54. The van der Waals surface area contributed by atoms with Gasteiger partial charge in [0.25, 0.3) is 0 Å². The molecule has 1 aliphatic heterocycles. The van der Waals surface area contributed by atoms with Gasteiger partial charge in [-0.2, -0.15) is 0 Å². The number of aliphatic imine (C=N–C) groups is 1. The van der Waals surface area contributed by atoms with Gasteiger partial charge in [-0.1, -0.05) is 6.92 Å². The van der Waals surface area contributed by atoms with E-state index in [1.807, 2.05) is 6.92 Å². The van der Waals surface area contributed by atoms with Crippen LogP contribution >= 0.6 is 0 Å². The fourth-order valence-corrected chi connectivity index (χ4v) is 2.58. The van der Waals surface area contributed by atoms with Crippen LogP contribution in [0.5, 0.6) is 0 Å². The van der Waals surface area contributed by atoms with Gasteiger partial charge in [-0.15, -0.1) is 0 Å². The van der Waals surface area contributed by atoms with Gasteiger partial charge in [0.15, 0.2) is 11.5 Å². The molecule has 0 saturated carbocycles. The molecule has 2 aromatic heterocycles. The molecule has 0 bridgehead atoms. The van der Waals surface area contributed by atoms with Gasteiger partial charge in [0.2, 0.25) is 0 Å². The van der Waals surface area contributed by atoms with Crippen LogP contribution in [0.1, 0.15) is 12.6 Å². The molecule has 3 rings (SSSR count). The molecule has 0 radical (unpaired) electrons. The maximum absolute atomic E-state index is 13.5. The third-order valence-corrected chi connectivity index (χ3v) is 4.00. The summed E-state index contributed by atoms with van der Waals surface area (Å²) in [6.45, 7) is 2.31. The lowest BCUT2D eigenvalue weighted by molar-refractivity contribution is 0.128. The van der Waals surface area contributed by atoms with E-state index in [1.165, 1.54) is 12.3 Å². The molecule has 2 unspecified atom stereocenters. The highest BCUT2D eigenvalue weighted by atomic mass is 19.1. The van der Waals surface area contributed by atoms with E-state index >= 15 is 0 Å². The summed E-state index contributed by atoms with van der Waals surface area (Å²) in [5.74, 6) is -0.0329. The number of nitrogens with zero attached hydrogens (tertiary/aromatic N) is 3. The molecular weight excluding hydrogens is 299 g/mol. The largest absolute Gasteiger partial charge is 0.398 e. The Morgan fingerprint density at radius 2 is 2.26 bits per heavy atom. The zero-order valence-electron chi connectivity index (χ0n) is 13.0. The van der Waals surface area contributed by atoms with E-state index in [9.17, 15) is 4.39 Å². The van der Waals surface area contributed by atoms with Gasteiger partial charge in [-0.25, -0.2) is 14.4 Å². The summed E-state index contributed by atoms with van der Waals surface area (Å²) in [6, 6.07) is 2.95. The van der Waals surface area contributed by atoms with Crippen molar-refractivity contribution in [1.29, 1.82) is 0 Å². The molecule has 0 fully saturated rings. The molecular formula is C15H19FN6O. The summed E-state index contributed by atoms with van der Waals surface area (Å²) in [5, 5.41) is 2.99. The smallest absolute Gasteiger partial charge is 0.156 e. The number of imidazole rings is 1. The molecule has 0 aromatic carbocycles. The predicted octanol–water partition coefficient (Wildman–Crippen LogP) is 0.561. The van der Waals surface area contributed by atoms with E-state index in [4.69, 9.17) is 16.2 Å². The van der Waals surface area contributed by atoms with Crippen molar-refractivity contribution in [2.24, 2.45) is 22.4 Å². The maximum atomic E-state index is 13.5. The molecule has 23 heavy (non-hydrogen) atoms. The SMILES string of the molecule is COCC(C)C1(N)N=C(c2cnc3ccc(F)cn23)NC=C1N. The fraction of sp³-hybridized carbons (Fsp3) is 0.333. The van der Waals surface area contributed by atoms with Crippen LogP contribution in [0.25, 0.3) is 5.65 Å². The van der Waals surface area contributed by atoms with E-state index in [-0.39, 0.29) is 11.7 Å². The van der Waals surface area contributed by atoms with Crippen molar-refractivity contribution in [3.05, 3.63) is 47.9 Å². The van der Waals surface area contributed by atoms with Crippen molar-refractivity contribution in [2.45, 2.75) is 12.6 Å². The topological polar surface area (TPSA) is 103 Å². The highest BCUT2D eigenvalue weighted by Crippen LogP contribution is 2.25. The number of pyridine rings is 1. The third kappa shape index (κ3) is 2.55. The minimum Gasteiger partial charge on any atom is -0.398 e. The summed E-state index contributed by atoms with van der Waals surface area (Å²) in [5.41, 5.74) is 12.9. The normalized spacial score (nSPS) is 22.4. The summed E-state index contributed by atoms with van der Waals surface area (Å²) < 4.78 is 20.3.